The van der Waals surface area contributed by atoms with Crippen LogP contribution in [-0.4, -0.2) is 36.4 Å². The van der Waals surface area contributed by atoms with Gasteiger partial charge in [0, 0.05) is 6.54 Å². The molecule has 116 valence electrons. The molecule has 1 aromatic rings. The Hall–Kier alpha value is -1.47. The minimum Gasteiger partial charge on any atom is -0.480 e. The number of halogens is 1. The fourth-order valence-corrected chi connectivity index (χ4v) is 4.93. The van der Waals surface area contributed by atoms with Gasteiger partial charge in [-0.3, -0.25) is 4.79 Å². The molecule has 0 spiro atoms. The van der Waals surface area contributed by atoms with Crippen molar-refractivity contribution in [1.29, 1.82) is 0 Å². The summed E-state index contributed by atoms with van der Waals surface area (Å²) < 4.78 is 40.0. The molecule has 7 heteroatoms. The molecule has 2 rings (SSSR count). The molecule has 5 nitrogen and oxygen atoms in total. The molecule has 0 bridgehead atoms. The molecule has 1 aliphatic heterocycles. The second kappa shape index (κ2) is 5.73. The number of carboxylic acid groups (broad SMARTS) is 1. The highest BCUT2D eigenvalue weighted by Crippen LogP contribution is 2.29. The highest BCUT2D eigenvalue weighted by Gasteiger charge is 2.38. The van der Waals surface area contributed by atoms with Crippen LogP contribution in [0, 0.1) is 19.7 Å². The Balaban J connectivity index is 2.53. The summed E-state index contributed by atoms with van der Waals surface area (Å²) in [6, 6.07) is 1.26. The van der Waals surface area contributed by atoms with Crippen molar-refractivity contribution in [2.24, 2.45) is 0 Å². The van der Waals surface area contributed by atoms with E-state index in [4.69, 9.17) is 0 Å². The molecule has 1 aromatic carbocycles. The van der Waals surface area contributed by atoms with E-state index < -0.39 is 27.9 Å². The molecule has 0 aromatic heterocycles. The minimum atomic E-state index is -3.95. The number of benzene rings is 1. The molecule has 0 amide bonds. The van der Waals surface area contributed by atoms with Gasteiger partial charge >= 0.3 is 5.97 Å². The maximum Gasteiger partial charge on any atom is 0.322 e. The van der Waals surface area contributed by atoms with Crippen molar-refractivity contribution >= 4 is 16.0 Å². The van der Waals surface area contributed by atoms with E-state index in [2.05, 4.69) is 0 Å². The van der Waals surface area contributed by atoms with Crippen LogP contribution in [-0.2, 0) is 14.8 Å². The first-order valence-electron chi connectivity index (χ1n) is 6.76. The van der Waals surface area contributed by atoms with Gasteiger partial charge in [-0.05, 0) is 56.4 Å². The highest BCUT2D eigenvalue weighted by molar-refractivity contribution is 7.89. The summed E-state index contributed by atoms with van der Waals surface area (Å²) >= 11 is 0. The van der Waals surface area contributed by atoms with Crippen LogP contribution < -0.4 is 0 Å². The second-order valence-electron chi connectivity index (χ2n) is 5.33. The molecule has 1 atom stereocenters. The van der Waals surface area contributed by atoms with E-state index >= 15 is 0 Å². The molecule has 1 heterocycles. The van der Waals surface area contributed by atoms with Crippen molar-refractivity contribution in [2.75, 3.05) is 6.54 Å². The lowest BCUT2D eigenvalue weighted by atomic mass is 10.1. The first kappa shape index (κ1) is 15.9. The van der Waals surface area contributed by atoms with Crippen LogP contribution in [0.1, 0.15) is 30.4 Å². The molecule has 0 aliphatic carbocycles. The zero-order valence-corrected chi connectivity index (χ0v) is 12.8. The standard InChI is InChI=1S/C14H18FNO4S/c1-9-7-11(15)8-10(2)13(9)21(19,20)16-6-4-3-5-12(16)14(17)18/h7-8,12H,3-6H2,1-2H3,(H,17,18)/t12-/m0/s1. The summed E-state index contributed by atoms with van der Waals surface area (Å²) in [6.07, 6.45) is 1.61. The normalized spacial score (nSPS) is 20.4. The van der Waals surface area contributed by atoms with E-state index in [-0.39, 0.29) is 11.4 Å². The number of carbonyl (C=O) groups is 1. The van der Waals surface area contributed by atoms with Gasteiger partial charge in [0.15, 0.2) is 0 Å². The summed E-state index contributed by atoms with van der Waals surface area (Å²) in [5.74, 6) is -1.65. The molecule has 0 saturated carbocycles. The van der Waals surface area contributed by atoms with E-state index in [1.807, 2.05) is 0 Å². The Bertz CT molecular complexity index is 649. The Morgan fingerprint density at radius 2 is 1.86 bits per heavy atom. The van der Waals surface area contributed by atoms with Crippen LogP contribution in [0.3, 0.4) is 0 Å². The number of hydrogen-bond donors (Lipinski definition) is 1. The van der Waals surface area contributed by atoms with Crippen molar-refractivity contribution in [2.45, 2.75) is 44.0 Å². The van der Waals surface area contributed by atoms with Gasteiger partial charge in [-0.1, -0.05) is 0 Å². The number of carboxylic acids is 1. The number of aryl methyl sites for hydroxylation is 2. The lowest BCUT2D eigenvalue weighted by molar-refractivity contribution is -0.142. The van der Waals surface area contributed by atoms with Gasteiger partial charge in [0.05, 0.1) is 4.90 Å². The van der Waals surface area contributed by atoms with Gasteiger partial charge < -0.3 is 5.11 Å². The average molecular weight is 315 g/mol. The molecule has 0 unspecified atom stereocenters. The largest absolute Gasteiger partial charge is 0.480 e. The van der Waals surface area contributed by atoms with E-state index in [9.17, 15) is 22.7 Å². The molecule has 1 saturated heterocycles. The molecule has 0 radical (unpaired) electrons. The van der Waals surface area contributed by atoms with Gasteiger partial charge in [-0.2, -0.15) is 4.31 Å². The maximum absolute atomic E-state index is 13.3. The number of rotatable bonds is 3. The van der Waals surface area contributed by atoms with E-state index in [1.165, 1.54) is 13.8 Å². The number of aliphatic carboxylic acids is 1. The summed E-state index contributed by atoms with van der Waals surface area (Å²) in [6.45, 7) is 3.21. The molecule has 1 N–H and O–H groups in total. The Labute approximate surface area is 123 Å². The second-order valence-corrected chi connectivity index (χ2v) is 7.16. The van der Waals surface area contributed by atoms with Crippen LogP contribution in [0.4, 0.5) is 4.39 Å². The zero-order valence-electron chi connectivity index (χ0n) is 12.0. The monoisotopic (exact) mass is 315 g/mol. The van der Waals surface area contributed by atoms with Gasteiger partial charge in [0.2, 0.25) is 10.0 Å². The number of nitrogens with zero attached hydrogens (tertiary/aromatic N) is 1. The Morgan fingerprint density at radius 3 is 2.38 bits per heavy atom. The van der Waals surface area contributed by atoms with Gasteiger partial charge in [0.1, 0.15) is 11.9 Å². The van der Waals surface area contributed by atoms with Crippen molar-refractivity contribution in [3.63, 3.8) is 0 Å². The van der Waals surface area contributed by atoms with Crippen molar-refractivity contribution in [1.82, 2.24) is 4.31 Å². The first-order valence-corrected chi connectivity index (χ1v) is 8.20. The molecule has 1 aliphatic rings. The van der Waals surface area contributed by atoms with Crippen LogP contribution in [0.25, 0.3) is 0 Å². The number of piperidine rings is 1. The lowest BCUT2D eigenvalue weighted by Gasteiger charge is -2.32. The van der Waals surface area contributed by atoms with Gasteiger partial charge in [-0.15, -0.1) is 0 Å². The number of hydrogen-bond acceptors (Lipinski definition) is 3. The van der Waals surface area contributed by atoms with Crippen molar-refractivity contribution < 1.29 is 22.7 Å². The predicted molar refractivity (Wildman–Crippen MR) is 75.0 cm³/mol. The summed E-state index contributed by atoms with van der Waals surface area (Å²) in [7, 11) is -3.95. The fraction of sp³-hybridized carbons (Fsp3) is 0.500. The van der Waals surface area contributed by atoms with Gasteiger partial charge in [0.25, 0.3) is 0 Å². The molecular formula is C14H18FNO4S. The van der Waals surface area contributed by atoms with E-state index in [1.54, 1.807) is 0 Å². The smallest absolute Gasteiger partial charge is 0.322 e. The van der Waals surface area contributed by atoms with Crippen LogP contribution >= 0.6 is 0 Å². The van der Waals surface area contributed by atoms with Crippen molar-refractivity contribution in [3.8, 4) is 0 Å². The maximum atomic E-state index is 13.3. The third kappa shape index (κ3) is 2.94. The molecule has 21 heavy (non-hydrogen) atoms. The van der Waals surface area contributed by atoms with Crippen LogP contribution in [0.5, 0.6) is 0 Å². The third-order valence-electron chi connectivity index (χ3n) is 3.73. The predicted octanol–water partition coefficient (Wildman–Crippen LogP) is 2.07. The van der Waals surface area contributed by atoms with Gasteiger partial charge in [-0.25, -0.2) is 12.8 Å². The summed E-state index contributed by atoms with van der Waals surface area (Å²) in [5.41, 5.74) is 0.587. The Kier molecular flexibility index (Phi) is 4.34. The zero-order chi connectivity index (χ0) is 15.8. The Morgan fingerprint density at radius 1 is 1.29 bits per heavy atom. The average Bonchev–Trinajstić information content (AvgIpc) is 2.37. The van der Waals surface area contributed by atoms with Crippen LogP contribution in [0.15, 0.2) is 17.0 Å². The first-order chi connectivity index (χ1) is 9.75. The lowest BCUT2D eigenvalue weighted by Crippen LogP contribution is -2.48. The highest BCUT2D eigenvalue weighted by atomic mass is 32.2. The molecular weight excluding hydrogens is 297 g/mol. The SMILES string of the molecule is Cc1cc(F)cc(C)c1S(=O)(=O)N1CCCC[C@H]1C(=O)O. The van der Waals surface area contributed by atoms with E-state index in [0.717, 1.165) is 16.4 Å². The quantitative estimate of drug-likeness (QED) is 0.926. The fourth-order valence-electron chi connectivity index (χ4n) is 2.86. The topological polar surface area (TPSA) is 74.7 Å². The molecule has 1 fully saturated rings. The summed E-state index contributed by atoms with van der Waals surface area (Å²) in [5, 5.41) is 9.24. The van der Waals surface area contributed by atoms with E-state index in [0.29, 0.717) is 30.4 Å². The summed E-state index contributed by atoms with van der Waals surface area (Å²) in [4.78, 5) is 11.3. The van der Waals surface area contributed by atoms with Crippen molar-refractivity contribution in [3.05, 3.63) is 29.1 Å². The minimum absolute atomic E-state index is 0.0112. The van der Waals surface area contributed by atoms with Crippen LogP contribution in [0.2, 0.25) is 0 Å². The number of sulfonamides is 1. The third-order valence-corrected chi connectivity index (χ3v) is 5.94.